The lowest BCUT2D eigenvalue weighted by atomic mass is 9.81. The number of hydrogen-bond donors (Lipinski definition) is 2. The smallest absolute Gasteiger partial charge is 0.413 e. The number of amides is 1. The van der Waals surface area contributed by atoms with Gasteiger partial charge >= 0.3 is 6.09 Å². The molecule has 0 saturated heterocycles. The standard InChI is InChI=1S/C18H24FN3O2S/c1-17(2,3)24-16(23)21-15-22-18(8-4-5-11(18)10-25-15)13-9-12(20)6-7-14(13)19/h6-7,9,11H,4-5,8,10,20H2,1-3H3,(H,21,22,23)/t11-,18-/m0/s1. The molecule has 5 nitrogen and oxygen atoms in total. The Balaban J connectivity index is 1.93. The Bertz CT molecular complexity index is 717. The quantitative estimate of drug-likeness (QED) is 0.737. The first-order chi connectivity index (χ1) is 11.7. The summed E-state index contributed by atoms with van der Waals surface area (Å²) in [7, 11) is 0. The summed E-state index contributed by atoms with van der Waals surface area (Å²) < 4.78 is 19.9. The molecule has 0 aromatic heterocycles. The molecule has 0 unspecified atom stereocenters. The lowest BCUT2D eigenvalue weighted by Crippen LogP contribution is -2.42. The first-order valence-corrected chi connectivity index (χ1v) is 9.46. The van der Waals surface area contributed by atoms with E-state index in [-0.39, 0.29) is 11.7 Å². The lowest BCUT2D eigenvalue weighted by molar-refractivity contribution is 0.0564. The molecule has 1 aliphatic carbocycles. The van der Waals surface area contributed by atoms with Gasteiger partial charge in [0.15, 0.2) is 5.17 Å². The first-order valence-electron chi connectivity index (χ1n) is 8.48. The van der Waals surface area contributed by atoms with Crippen molar-refractivity contribution in [1.29, 1.82) is 0 Å². The van der Waals surface area contributed by atoms with Gasteiger partial charge in [-0.1, -0.05) is 18.2 Å². The third-order valence-electron chi connectivity index (χ3n) is 4.57. The van der Waals surface area contributed by atoms with Crippen LogP contribution in [0.15, 0.2) is 23.2 Å². The number of carbonyl (C=O) groups is 1. The third kappa shape index (κ3) is 3.76. The predicted molar refractivity (Wildman–Crippen MR) is 99.1 cm³/mol. The second kappa shape index (κ2) is 6.52. The van der Waals surface area contributed by atoms with E-state index < -0.39 is 17.2 Å². The molecule has 1 aromatic carbocycles. The average molecular weight is 365 g/mol. The number of fused-ring (bicyclic) bond motifs is 1. The number of aliphatic imine (C=N–C) groups is 1. The number of thioether (sulfide) groups is 1. The Hall–Kier alpha value is -1.76. The summed E-state index contributed by atoms with van der Waals surface area (Å²) in [5.74, 6) is 0.717. The Morgan fingerprint density at radius 1 is 1.48 bits per heavy atom. The minimum Gasteiger partial charge on any atom is -0.444 e. The van der Waals surface area contributed by atoms with Gasteiger partial charge < -0.3 is 10.5 Å². The molecule has 1 heterocycles. The summed E-state index contributed by atoms with van der Waals surface area (Å²) in [6, 6.07) is 4.63. The van der Waals surface area contributed by atoms with Crippen molar-refractivity contribution in [2.24, 2.45) is 10.9 Å². The Kier molecular flexibility index (Phi) is 4.70. The topological polar surface area (TPSA) is 76.7 Å². The van der Waals surface area contributed by atoms with Crippen molar-refractivity contribution in [1.82, 2.24) is 5.32 Å². The van der Waals surface area contributed by atoms with Crippen molar-refractivity contribution in [3.63, 3.8) is 0 Å². The second-order valence-corrected chi connectivity index (χ2v) is 8.62. The number of nitrogen functional groups attached to an aromatic ring is 1. The monoisotopic (exact) mass is 365 g/mol. The van der Waals surface area contributed by atoms with Crippen molar-refractivity contribution >= 4 is 28.7 Å². The number of halogens is 1. The predicted octanol–water partition coefficient (Wildman–Crippen LogP) is 4.03. The zero-order chi connectivity index (χ0) is 18.2. The molecule has 0 spiro atoms. The second-order valence-electron chi connectivity index (χ2n) is 7.61. The number of carbonyl (C=O) groups excluding carboxylic acids is 1. The highest BCUT2D eigenvalue weighted by Crippen LogP contribution is 2.51. The number of benzene rings is 1. The molecular weight excluding hydrogens is 341 g/mol. The Morgan fingerprint density at radius 2 is 2.24 bits per heavy atom. The fourth-order valence-corrected chi connectivity index (χ4v) is 4.75. The number of rotatable bonds is 1. The van der Waals surface area contributed by atoms with E-state index in [1.54, 1.807) is 32.9 Å². The van der Waals surface area contributed by atoms with E-state index in [9.17, 15) is 9.18 Å². The average Bonchev–Trinajstić information content (AvgIpc) is 2.91. The molecule has 1 fully saturated rings. The fourth-order valence-electron chi connectivity index (χ4n) is 3.57. The number of hydrogen-bond acceptors (Lipinski definition) is 5. The molecular formula is C18H24FN3O2S. The van der Waals surface area contributed by atoms with Crippen LogP contribution in [-0.2, 0) is 10.3 Å². The SMILES string of the molecule is CC(C)(C)OC(=O)NC1=N[C@@]2(c3cc(N)ccc3F)CCC[C@H]2CS1. The number of nitrogens with zero attached hydrogens (tertiary/aromatic N) is 1. The maximum Gasteiger partial charge on any atom is 0.413 e. The summed E-state index contributed by atoms with van der Waals surface area (Å²) in [5, 5.41) is 3.20. The Labute approximate surface area is 151 Å². The maximum absolute atomic E-state index is 14.6. The first kappa shape index (κ1) is 18.0. The number of amidine groups is 1. The van der Waals surface area contributed by atoms with Gasteiger partial charge in [-0.15, -0.1) is 0 Å². The number of alkyl carbamates (subject to hydrolysis) is 1. The maximum atomic E-state index is 14.6. The van der Waals surface area contributed by atoms with Gasteiger partial charge in [-0.2, -0.15) is 0 Å². The highest BCUT2D eigenvalue weighted by molar-refractivity contribution is 8.13. The Morgan fingerprint density at radius 3 is 2.96 bits per heavy atom. The van der Waals surface area contributed by atoms with Gasteiger partial charge in [0.05, 0.1) is 5.54 Å². The molecule has 1 saturated carbocycles. The summed E-state index contributed by atoms with van der Waals surface area (Å²) in [5.41, 5.74) is 5.69. The molecule has 0 radical (unpaired) electrons. The minimum absolute atomic E-state index is 0.234. The van der Waals surface area contributed by atoms with E-state index in [0.29, 0.717) is 16.4 Å². The molecule has 1 aromatic rings. The van der Waals surface area contributed by atoms with Crippen LogP contribution in [0, 0.1) is 11.7 Å². The highest BCUT2D eigenvalue weighted by atomic mass is 32.2. The van der Waals surface area contributed by atoms with Crippen molar-refractivity contribution in [2.75, 3.05) is 11.5 Å². The van der Waals surface area contributed by atoms with Crippen LogP contribution in [0.1, 0.15) is 45.6 Å². The number of ether oxygens (including phenoxy) is 1. The number of anilines is 1. The molecule has 7 heteroatoms. The summed E-state index contributed by atoms with van der Waals surface area (Å²) in [4.78, 5) is 16.8. The van der Waals surface area contributed by atoms with Crippen LogP contribution in [0.4, 0.5) is 14.9 Å². The highest BCUT2D eigenvalue weighted by Gasteiger charge is 2.48. The van der Waals surface area contributed by atoms with Crippen LogP contribution in [0.2, 0.25) is 0 Å². The number of nitrogens with one attached hydrogen (secondary N) is 1. The van der Waals surface area contributed by atoms with Crippen LogP contribution < -0.4 is 11.1 Å². The van der Waals surface area contributed by atoms with E-state index >= 15 is 0 Å². The summed E-state index contributed by atoms with van der Waals surface area (Å²) >= 11 is 1.48. The molecule has 3 rings (SSSR count). The summed E-state index contributed by atoms with van der Waals surface area (Å²) in [6.07, 6.45) is 2.17. The van der Waals surface area contributed by atoms with Crippen molar-refractivity contribution < 1.29 is 13.9 Å². The fraction of sp³-hybridized carbons (Fsp3) is 0.556. The van der Waals surface area contributed by atoms with Crippen LogP contribution >= 0.6 is 11.8 Å². The zero-order valence-electron chi connectivity index (χ0n) is 14.8. The molecule has 0 bridgehead atoms. The van der Waals surface area contributed by atoms with E-state index in [0.717, 1.165) is 25.0 Å². The van der Waals surface area contributed by atoms with E-state index in [4.69, 9.17) is 15.5 Å². The van der Waals surface area contributed by atoms with Gasteiger partial charge in [-0.25, -0.2) is 9.18 Å². The normalized spacial score (nSPS) is 25.9. The molecule has 25 heavy (non-hydrogen) atoms. The molecule has 2 aliphatic rings. The van der Waals surface area contributed by atoms with Crippen molar-refractivity contribution in [3.8, 4) is 0 Å². The van der Waals surface area contributed by atoms with Crippen LogP contribution in [0.5, 0.6) is 0 Å². The summed E-state index contributed by atoms with van der Waals surface area (Å²) in [6.45, 7) is 5.41. The van der Waals surface area contributed by atoms with E-state index in [2.05, 4.69) is 5.32 Å². The molecule has 1 aliphatic heterocycles. The van der Waals surface area contributed by atoms with E-state index in [1.807, 2.05) is 0 Å². The van der Waals surface area contributed by atoms with Crippen molar-refractivity contribution in [3.05, 3.63) is 29.6 Å². The van der Waals surface area contributed by atoms with Gasteiger partial charge in [-0.05, 0) is 57.7 Å². The van der Waals surface area contributed by atoms with Crippen LogP contribution in [0.25, 0.3) is 0 Å². The number of nitrogens with two attached hydrogens (primary N) is 1. The van der Waals surface area contributed by atoms with Crippen LogP contribution in [0.3, 0.4) is 0 Å². The lowest BCUT2D eigenvalue weighted by Gasteiger charge is -2.37. The van der Waals surface area contributed by atoms with Gasteiger partial charge in [0.2, 0.25) is 0 Å². The zero-order valence-corrected chi connectivity index (χ0v) is 15.6. The molecule has 136 valence electrons. The van der Waals surface area contributed by atoms with Gasteiger partial charge in [0.25, 0.3) is 0 Å². The van der Waals surface area contributed by atoms with E-state index in [1.165, 1.54) is 17.8 Å². The van der Waals surface area contributed by atoms with Gasteiger partial charge in [0.1, 0.15) is 11.4 Å². The molecule has 3 N–H and O–H groups in total. The van der Waals surface area contributed by atoms with Gasteiger partial charge in [-0.3, -0.25) is 10.3 Å². The molecule has 2 atom stereocenters. The third-order valence-corrected chi connectivity index (χ3v) is 5.61. The molecule has 1 amide bonds. The largest absolute Gasteiger partial charge is 0.444 e. The van der Waals surface area contributed by atoms with Crippen molar-refractivity contribution in [2.45, 2.75) is 51.2 Å². The van der Waals surface area contributed by atoms with Crippen LogP contribution in [-0.4, -0.2) is 22.6 Å². The minimum atomic E-state index is -0.658. The van der Waals surface area contributed by atoms with Gasteiger partial charge in [0, 0.05) is 17.0 Å².